The molecule has 1 rings (SSSR count). The Labute approximate surface area is 69.4 Å². The molecule has 64 valence electrons. The molecule has 0 saturated heterocycles. The van der Waals surface area contributed by atoms with Gasteiger partial charge in [-0.25, -0.2) is 4.39 Å². The van der Waals surface area contributed by atoms with Crippen LogP contribution in [-0.2, 0) is 6.61 Å². The second-order valence-corrected chi connectivity index (χ2v) is 2.39. The van der Waals surface area contributed by atoms with E-state index in [1.54, 1.807) is 0 Å². The Hall–Kier alpha value is -1.07. The van der Waals surface area contributed by atoms with Gasteiger partial charge >= 0.3 is 7.48 Å². The number of benzene rings is 1. The number of rotatable bonds is 2. The van der Waals surface area contributed by atoms with E-state index >= 15 is 0 Å². The molecule has 0 spiro atoms. The Morgan fingerprint density at radius 2 is 2.08 bits per heavy atom. The molecule has 1 aromatic carbocycles. The molecule has 3 N–H and O–H groups in total. The van der Waals surface area contributed by atoms with Gasteiger partial charge in [0.2, 0.25) is 0 Å². The Kier molecular flexibility index (Phi) is 2.67. The maximum absolute atomic E-state index is 12.6. The first-order valence-electron chi connectivity index (χ1n) is 3.41. The zero-order valence-electron chi connectivity index (χ0n) is 6.29. The lowest BCUT2D eigenvalue weighted by molar-refractivity contribution is 0.281. The second-order valence-electron chi connectivity index (χ2n) is 2.39. The Bertz CT molecular complexity index is 261. The van der Waals surface area contributed by atoms with E-state index in [4.69, 9.17) is 15.2 Å². The highest BCUT2D eigenvalue weighted by molar-refractivity contribution is 6.46. The molecule has 0 heterocycles. The zero-order valence-corrected chi connectivity index (χ0v) is 6.29. The predicted molar refractivity (Wildman–Crippen MR) is 43.0 cm³/mol. The Morgan fingerprint density at radius 3 is 2.58 bits per heavy atom. The molecule has 0 unspecified atom stereocenters. The maximum Gasteiger partial charge on any atom is 0.305 e. The van der Waals surface area contributed by atoms with Crippen LogP contribution in [0.5, 0.6) is 5.75 Å². The van der Waals surface area contributed by atoms with Crippen LogP contribution >= 0.6 is 0 Å². The molecule has 0 atom stereocenters. The van der Waals surface area contributed by atoms with Crippen molar-refractivity contribution in [1.29, 1.82) is 0 Å². The number of aliphatic hydroxyl groups excluding tert-OH is 1. The third-order valence-corrected chi connectivity index (χ3v) is 1.61. The number of hydrogen-bond acceptors (Lipinski definition) is 3. The molecule has 0 aromatic heterocycles. The molecule has 0 fully saturated rings. The van der Waals surface area contributed by atoms with Gasteiger partial charge in [0.05, 0.1) is 6.61 Å². The van der Waals surface area contributed by atoms with Crippen LogP contribution in [0, 0.1) is 5.82 Å². The van der Waals surface area contributed by atoms with E-state index in [1.807, 2.05) is 0 Å². The molecule has 0 aliphatic heterocycles. The summed E-state index contributed by atoms with van der Waals surface area (Å²) in [7, 11) is -0.330. The fourth-order valence-corrected chi connectivity index (χ4v) is 0.941. The van der Waals surface area contributed by atoms with Crippen molar-refractivity contribution in [2.45, 2.75) is 6.61 Å². The van der Waals surface area contributed by atoms with Crippen molar-refractivity contribution in [3.63, 3.8) is 0 Å². The van der Waals surface area contributed by atoms with Gasteiger partial charge in [-0.2, -0.15) is 0 Å². The zero-order chi connectivity index (χ0) is 9.14. The van der Waals surface area contributed by atoms with Gasteiger partial charge in [0.15, 0.2) is 11.6 Å². The molecule has 0 bridgehead atoms. The van der Waals surface area contributed by atoms with Crippen molar-refractivity contribution in [2.24, 2.45) is 0 Å². The number of aliphatic hydroxyl groups is 1. The highest BCUT2D eigenvalue weighted by Crippen LogP contribution is 2.14. The first-order valence-corrected chi connectivity index (χ1v) is 3.41. The summed E-state index contributed by atoms with van der Waals surface area (Å²) in [6.45, 7) is -0.354. The normalized spacial score (nSPS) is 9.92. The fraction of sp³-hybridized carbons (Fsp3) is 0.143. The summed E-state index contributed by atoms with van der Waals surface area (Å²) in [5.74, 6) is -1.31. The summed E-state index contributed by atoms with van der Waals surface area (Å²) in [5.41, 5.74) is 0.615. The molecule has 0 radical (unpaired) electrons. The summed E-state index contributed by atoms with van der Waals surface area (Å²) in [5, 5.41) is 26.3. The van der Waals surface area contributed by atoms with Crippen molar-refractivity contribution in [1.82, 2.24) is 0 Å². The monoisotopic (exact) mass is 170 g/mol. The number of aromatic hydroxyl groups is 1. The van der Waals surface area contributed by atoms with E-state index < -0.39 is 11.6 Å². The fourth-order valence-electron chi connectivity index (χ4n) is 0.941. The number of halogens is 1. The number of phenolic OH excluding ortho intramolecular Hbond substituents is 1. The molecular weight excluding hydrogens is 162 g/mol. The standard InChI is InChI=1S/C7H8BFO3/c9-6-1-4(3-10)5(8-12)2-7(6)11/h1-2,8,10-12H,3H2. The van der Waals surface area contributed by atoms with Gasteiger partial charge in [0.1, 0.15) is 0 Å². The minimum Gasteiger partial charge on any atom is -0.505 e. The van der Waals surface area contributed by atoms with Crippen LogP contribution in [0.3, 0.4) is 0 Å². The highest BCUT2D eigenvalue weighted by Gasteiger charge is 2.07. The Morgan fingerprint density at radius 1 is 1.42 bits per heavy atom. The molecule has 0 aliphatic carbocycles. The molecular formula is C7H8BFO3. The quantitative estimate of drug-likeness (QED) is 0.498. The van der Waals surface area contributed by atoms with Crippen molar-refractivity contribution in [3.05, 3.63) is 23.5 Å². The molecule has 1 aromatic rings. The summed E-state index contributed by atoms with van der Waals surface area (Å²) in [6.07, 6.45) is 0. The van der Waals surface area contributed by atoms with Crippen LogP contribution in [0.15, 0.2) is 12.1 Å². The highest BCUT2D eigenvalue weighted by atomic mass is 19.1. The summed E-state index contributed by atoms with van der Waals surface area (Å²) in [6, 6.07) is 2.10. The molecule has 0 amide bonds. The second kappa shape index (κ2) is 3.56. The van der Waals surface area contributed by atoms with E-state index in [2.05, 4.69) is 0 Å². The molecule has 3 nitrogen and oxygen atoms in total. The van der Waals surface area contributed by atoms with Crippen LogP contribution < -0.4 is 5.46 Å². The van der Waals surface area contributed by atoms with Gasteiger partial charge in [-0.1, -0.05) is 0 Å². The topological polar surface area (TPSA) is 60.7 Å². The van der Waals surface area contributed by atoms with Gasteiger partial charge in [0, 0.05) is 0 Å². The van der Waals surface area contributed by atoms with Crippen molar-refractivity contribution < 1.29 is 19.6 Å². The van der Waals surface area contributed by atoms with E-state index in [9.17, 15) is 4.39 Å². The Balaban J connectivity index is 3.19. The van der Waals surface area contributed by atoms with E-state index in [0.29, 0.717) is 5.46 Å². The molecule has 12 heavy (non-hydrogen) atoms. The van der Waals surface area contributed by atoms with Crippen molar-refractivity contribution >= 4 is 12.9 Å². The minimum absolute atomic E-state index is 0.285. The van der Waals surface area contributed by atoms with Crippen LogP contribution in [0.25, 0.3) is 0 Å². The lowest BCUT2D eigenvalue weighted by atomic mass is 9.84. The molecule has 0 aliphatic rings. The smallest absolute Gasteiger partial charge is 0.305 e. The van der Waals surface area contributed by atoms with Gasteiger partial charge < -0.3 is 15.2 Å². The third kappa shape index (κ3) is 1.57. The van der Waals surface area contributed by atoms with Crippen LogP contribution in [0.2, 0.25) is 0 Å². The van der Waals surface area contributed by atoms with E-state index in [-0.39, 0.29) is 19.7 Å². The average Bonchev–Trinajstić information content (AvgIpc) is 2.09. The van der Waals surface area contributed by atoms with E-state index in [0.717, 1.165) is 12.1 Å². The SMILES string of the molecule is OBc1cc(O)c(F)cc1CO. The lowest BCUT2D eigenvalue weighted by Crippen LogP contribution is -2.19. The van der Waals surface area contributed by atoms with Crippen LogP contribution in [0.4, 0.5) is 4.39 Å². The molecule has 0 saturated carbocycles. The van der Waals surface area contributed by atoms with Crippen LogP contribution in [0.1, 0.15) is 5.56 Å². The number of phenols is 1. The van der Waals surface area contributed by atoms with Crippen molar-refractivity contribution in [2.75, 3.05) is 0 Å². The maximum atomic E-state index is 12.6. The first-order chi connectivity index (χ1) is 5.69. The summed E-state index contributed by atoms with van der Waals surface area (Å²) < 4.78 is 12.6. The number of hydrogen-bond donors (Lipinski definition) is 3. The van der Waals surface area contributed by atoms with Gasteiger partial charge in [-0.15, -0.1) is 0 Å². The third-order valence-electron chi connectivity index (χ3n) is 1.61. The average molecular weight is 170 g/mol. The van der Waals surface area contributed by atoms with Gasteiger partial charge in [-0.05, 0) is 23.2 Å². The minimum atomic E-state index is -0.795. The summed E-state index contributed by atoms with van der Waals surface area (Å²) in [4.78, 5) is 0. The van der Waals surface area contributed by atoms with Crippen LogP contribution in [-0.4, -0.2) is 22.7 Å². The summed E-state index contributed by atoms with van der Waals surface area (Å²) >= 11 is 0. The molecule has 5 heteroatoms. The van der Waals surface area contributed by atoms with Gasteiger partial charge in [0.25, 0.3) is 0 Å². The van der Waals surface area contributed by atoms with Gasteiger partial charge in [-0.3, -0.25) is 0 Å². The first kappa shape index (κ1) is 9.03. The lowest BCUT2D eigenvalue weighted by Gasteiger charge is -2.04. The largest absolute Gasteiger partial charge is 0.505 e. The predicted octanol–water partition coefficient (Wildman–Crippen LogP) is -1.01. The van der Waals surface area contributed by atoms with E-state index in [1.165, 1.54) is 0 Å². The van der Waals surface area contributed by atoms with Crippen molar-refractivity contribution in [3.8, 4) is 5.75 Å².